The first-order chi connectivity index (χ1) is 8.13. The van der Waals surface area contributed by atoms with Gasteiger partial charge in [0.25, 0.3) is 0 Å². The summed E-state index contributed by atoms with van der Waals surface area (Å²) >= 11 is 1.43. The number of aromatic carboxylic acids is 1. The van der Waals surface area contributed by atoms with E-state index in [1.807, 2.05) is 24.3 Å². The van der Waals surface area contributed by atoms with Crippen LogP contribution in [0, 0.1) is 6.92 Å². The summed E-state index contributed by atoms with van der Waals surface area (Å²) in [4.78, 5) is 15.9. The second-order valence-electron chi connectivity index (χ2n) is 3.74. The van der Waals surface area contributed by atoms with Gasteiger partial charge in [-0.1, -0.05) is 31.2 Å². The van der Waals surface area contributed by atoms with E-state index in [0.717, 1.165) is 21.9 Å². The molecular formula is C13H13NO2S. The predicted molar refractivity (Wildman–Crippen MR) is 68.6 cm³/mol. The van der Waals surface area contributed by atoms with E-state index in [4.69, 9.17) is 5.11 Å². The lowest BCUT2D eigenvalue weighted by Crippen LogP contribution is -1.98. The van der Waals surface area contributed by atoms with Crippen LogP contribution in [-0.2, 0) is 6.42 Å². The normalized spacial score (nSPS) is 10.5. The molecule has 1 aromatic heterocycles. The lowest BCUT2D eigenvalue weighted by atomic mass is 10.1. The highest BCUT2D eigenvalue weighted by atomic mass is 32.1. The van der Waals surface area contributed by atoms with Crippen molar-refractivity contribution in [1.29, 1.82) is 0 Å². The van der Waals surface area contributed by atoms with E-state index in [1.165, 1.54) is 16.9 Å². The molecule has 0 saturated heterocycles. The molecule has 0 radical (unpaired) electrons. The Morgan fingerprint density at radius 3 is 2.71 bits per heavy atom. The number of rotatable bonds is 3. The topological polar surface area (TPSA) is 50.2 Å². The zero-order valence-corrected chi connectivity index (χ0v) is 10.5. The smallest absolute Gasteiger partial charge is 0.355 e. The van der Waals surface area contributed by atoms with Crippen molar-refractivity contribution in [3.05, 3.63) is 40.4 Å². The second kappa shape index (κ2) is 4.67. The van der Waals surface area contributed by atoms with Crippen LogP contribution in [-0.4, -0.2) is 16.1 Å². The van der Waals surface area contributed by atoms with Gasteiger partial charge in [0.1, 0.15) is 5.01 Å². The van der Waals surface area contributed by atoms with E-state index < -0.39 is 5.97 Å². The molecule has 0 fully saturated rings. The molecule has 17 heavy (non-hydrogen) atoms. The summed E-state index contributed by atoms with van der Waals surface area (Å²) in [6.07, 6.45) is 0.914. The summed E-state index contributed by atoms with van der Waals surface area (Å²) in [5.74, 6) is -0.959. The molecule has 2 aromatic rings. The van der Waals surface area contributed by atoms with E-state index in [0.29, 0.717) is 0 Å². The number of carboxylic acid groups (broad SMARTS) is 1. The van der Waals surface area contributed by atoms with Gasteiger partial charge in [-0.25, -0.2) is 9.78 Å². The molecule has 0 aliphatic carbocycles. The highest BCUT2D eigenvalue weighted by Gasteiger charge is 2.16. The monoisotopic (exact) mass is 247 g/mol. The Labute approximate surface area is 104 Å². The van der Waals surface area contributed by atoms with E-state index in [1.54, 1.807) is 6.92 Å². The summed E-state index contributed by atoms with van der Waals surface area (Å²) in [6.45, 7) is 3.87. The molecule has 2 rings (SSSR count). The van der Waals surface area contributed by atoms with Gasteiger partial charge in [0.15, 0.2) is 5.69 Å². The lowest BCUT2D eigenvalue weighted by molar-refractivity contribution is 0.0690. The Morgan fingerprint density at radius 1 is 1.41 bits per heavy atom. The van der Waals surface area contributed by atoms with Crippen LogP contribution in [0.25, 0.3) is 10.6 Å². The number of hydrogen-bond acceptors (Lipinski definition) is 3. The Kier molecular flexibility index (Phi) is 3.24. The van der Waals surface area contributed by atoms with Crippen molar-refractivity contribution in [2.75, 3.05) is 0 Å². The molecule has 0 amide bonds. The van der Waals surface area contributed by atoms with Crippen LogP contribution in [0.1, 0.15) is 27.9 Å². The zero-order chi connectivity index (χ0) is 12.4. The largest absolute Gasteiger partial charge is 0.476 e. The van der Waals surface area contributed by atoms with Gasteiger partial charge in [0, 0.05) is 10.4 Å². The fraction of sp³-hybridized carbons (Fsp3) is 0.231. The maximum absolute atomic E-state index is 11.0. The minimum Gasteiger partial charge on any atom is -0.476 e. The molecule has 0 aliphatic heterocycles. The summed E-state index contributed by atoms with van der Waals surface area (Å²) in [7, 11) is 0. The maximum atomic E-state index is 11.0. The third-order valence-corrected chi connectivity index (χ3v) is 3.63. The van der Waals surface area contributed by atoms with Crippen molar-refractivity contribution in [1.82, 2.24) is 4.98 Å². The molecule has 0 aliphatic rings. The van der Waals surface area contributed by atoms with Gasteiger partial charge in [-0.05, 0) is 18.9 Å². The fourth-order valence-corrected chi connectivity index (χ4v) is 2.71. The van der Waals surface area contributed by atoms with Crippen LogP contribution in [0.4, 0.5) is 0 Å². The van der Waals surface area contributed by atoms with Gasteiger partial charge in [-0.3, -0.25) is 0 Å². The lowest BCUT2D eigenvalue weighted by Gasteiger charge is -2.03. The molecule has 0 spiro atoms. The van der Waals surface area contributed by atoms with Gasteiger partial charge >= 0.3 is 5.97 Å². The number of carboxylic acids is 1. The molecule has 0 saturated carbocycles. The number of hydrogen-bond donors (Lipinski definition) is 1. The van der Waals surface area contributed by atoms with Crippen LogP contribution >= 0.6 is 11.3 Å². The number of carbonyl (C=O) groups is 1. The minimum absolute atomic E-state index is 0.163. The van der Waals surface area contributed by atoms with Crippen LogP contribution in [0.15, 0.2) is 24.3 Å². The minimum atomic E-state index is -0.959. The quantitative estimate of drug-likeness (QED) is 0.904. The molecule has 0 unspecified atom stereocenters. The van der Waals surface area contributed by atoms with Gasteiger partial charge in [-0.2, -0.15) is 0 Å². The molecule has 88 valence electrons. The first-order valence-electron chi connectivity index (χ1n) is 5.42. The van der Waals surface area contributed by atoms with Crippen molar-refractivity contribution < 1.29 is 9.90 Å². The fourth-order valence-electron chi connectivity index (χ4n) is 1.75. The molecule has 1 aromatic carbocycles. The Balaban J connectivity index is 2.53. The average Bonchev–Trinajstić information content (AvgIpc) is 2.71. The number of aryl methyl sites for hydroxylation is 2. The van der Waals surface area contributed by atoms with Gasteiger partial charge in [-0.15, -0.1) is 11.3 Å². The van der Waals surface area contributed by atoms with Crippen LogP contribution in [0.5, 0.6) is 0 Å². The van der Waals surface area contributed by atoms with E-state index >= 15 is 0 Å². The van der Waals surface area contributed by atoms with Crippen molar-refractivity contribution in [2.45, 2.75) is 20.3 Å². The number of thiazole rings is 1. The molecule has 4 heteroatoms. The summed E-state index contributed by atoms with van der Waals surface area (Å²) in [5.41, 5.74) is 2.39. The second-order valence-corrected chi connectivity index (χ2v) is 4.94. The predicted octanol–water partition coefficient (Wildman–Crippen LogP) is 3.38. The maximum Gasteiger partial charge on any atom is 0.355 e. The first kappa shape index (κ1) is 11.8. The van der Waals surface area contributed by atoms with Crippen molar-refractivity contribution in [3.63, 3.8) is 0 Å². The van der Waals surface area contributed by atoms with Crippen LogP contribution in [0.3, 0.4) is 0 Å². The molecular weight excluding hydrogens is 234 g/mol. The summed E-state index contributed by atoms with van der Waals surface area (Å²) in [6, 6.07) is 7.97. The van der Waals surface area contributed by atoms with E-state index in [9.17, 15) is 4.79 Å². The van der Waals surface area contributed by atoms with Gasteiger partial charge in [0.05, 0.1) is 0 Å². The molecule has 3 nitrogen and oxygen atoms in total. The Bertz CT molecular complexity index is 560. The highest BCUT2D eigenvalue weighted by Crippen LogP contribution is 2.30. The third kappa shape index (κ3) is 2.22. The number of benzene rings is 1. The van der Waals surface area contributed by atoms with Crippen molar-refractivity contribution >= 4 is 17.3 Å². The number of nitrogens with zero attached hydrogens (tertiary/aromatic N) is 1. The van der Waals surface area contributed by atoms with Crippen molar-refractivity contribution in [2.24, 2.45) is 0 Å². The molecule has 1 heterocycles. The Morgan fingerprint density at radius 2 is 2.12 bits per heavy atom. The van der Waals surface area contributed by atoms with Gasteiger partial charge < -0.3 is 5.11 Å². The van der Waals surface area contributed by atoms with Crippen LogP contribution in [0.2, 0.25) is 0 Å². The van der Waals surface area contributed by atoms with Crippen LogP contribution < -0.4 is 0 Å². The SMILES string of the molecule is CCc1ccccc1-c1nc(C(=O)O)c(C)s1. The molecule has 0 bridgehead atoms. The zero-order valence-electron chi connectivity index (χ0n) is 9.73. The standard InChI is InChI=1S/C13H13NO2S/c1-3-9-6-4-5-7-10(9)12-14-11(13(15)16)8(2)17-12/h4-7H,3H2,1-2H3,(H,15,16). The first-order valence-corrected chi connectivity index (χ1v) is 6.24. The third-order valence-electron chi connectivity index (χ3n) is 2.63. The average molecular weight is 247 g/mol. The van der Waals surface area contributed by atoms with Crippen molar-refractivity contribution in [3.8, 4) is 10.6 Å². The van der Waals surface area contributed by atoms with Gasteiger partial charge in [0.2, 0.25) is 0 Å². The molecule has 0 atom stereocenters. The summed E-state index contributed by atoms with van der Waals surface area (Å²) in [5, 5.41) is 9.79. The van der Waals surface area contributed by atoms with E-state index in [2.05, 4.69) is 11.9 Å². The highest BCUT2D eigenvalue weighted by molar-refractivity contribution is 7.15. The Hall–Kier alpha value is -1.68. The summed E-state index contributed by atoms with van der Waals surface area (Å²) < 4.78 is 0. The van der Waals surface area contributed by atoms with E-state index in [-0.39, 0.29) is 5.69 Å². The molecule has 1 N–H and O–H groups in total. The number of aromatic nitrogens is 1.